The molecular weight excluding hydrogens is 150 g/mol. The van der Waals surface area contributed by atoms with Gasteiger partial charge in [-0.25, -0.2) is 0 Å². The maximum absolute atomic E-state index is 8.82. The Hall–Kier alpha value is -0.530. The summed E-state index contributed by atoms with van der Waals surface area (Å²) in [5.74, 6) is 1.83. The fourth-order valence-electron chi connectivity index (χ4n) is 2.07. The van der Waals surface area contributed by atoms with Crippen LogP contribution in [0.15, 0.2) is 5.16 Å². The van der Waals surface area contributed by atoms with Gasteiger partial charge in [0.1, 0.15) is 0 Å². The predicted octanol–water partition coefficient (Wildman–Crippen LogP) is 2.91. The normalized spacial score (nSPS) is 34.5. The summed E-state index contributed by atoms with van der Waals surface area (Å²) in [5.41, 5.74) is 1.02. The van der Waals surface area contributed by atoms with Crippen molar-refractivity contribution in [2.45, 2.75) is 40.0 Å². The lowest BCUT2D eigenvalue weighted by Gasteiger charge is -2.29. The van der Waals surface area contributed by atoms with Crippen molar-refractivity contribution >= 4 is 5.71 Å². The molecule has 12 heavy (non-hydrogen) atoms. The molecule has 0 heterocycles. The molecule has 0 spiro atoms. The molecule has 2 nitrogen and oxygen atoms in total. The highest BCUT2D eigenvalue weighted by atomic mass is 16.4. The average Bonchev–Trinajstić information content (AvgIpc) is 2.03. The molecule has 0 aromatic carbocycles. The maximum atomic E-state index is 8.82. The summed E-state index contributed by atoms with van der Waals surface area (Å²) in [7, 11) is 0. The Morgan fingerprint density at radius 1 is 1.42 bits per heavy atom. The van der Waals surface area contributed by atoms with Gasteiger partial charge in [0.25, 0.3) is 0 Å². The van der Waals surface area contributed by atoms with Crippen molar-refractivity contribution in [2.75, 3.05) is 0 Å². The second kappa shape index (κ2) is 3.92. The highest BCUT2D eigenvalue weighted by Crippen LogP contribution is 2.30. The van der Waals surface area contributed by atoms with Crippen molar-refractivity contribution in [1.29, 1.82) is 0 Å². The Morgan fingerprint density at radius 2 is 2.08 bits per heavy atom. The molecule has 1 saturated carbocycles. The van der Waals surface area contributed by atoms with Crippen molar-refractivity contribution in [3.8, 4) is 0 Å². The van der Waals surface area contributed by atoms with E-state index in [1.165, 1.54) is 12.8 Å². The van der Waals surface area contributed by atoms with Gasteiger partial charge in [-0.05, 0) is 31.1 Å². The van der Waals surface area contributed by atoms with E-state index in [4.69, 9.17) is 5.21 Å². The monoisotopic (exact) mass is 169 g/mol. The lowest BCUT2D eigenvalue weighted by atomic mass is 9.76. The van der Waals surface area contributed by atoms with E-state index in [-0.39, 0.29) is 0 Å². The van der Waals surface area contributed by atoms with Gasteiger partial charge >= 0.3 is 0 Å². The van der Waals surface area contributed by atoms with Crippen LogP contribution in [-0.2, 0) is 0 Å². The van der Waals surface area contributed by atoms with Crippen LogP contribution in [-0.4, -0.2) is 10.9 Å². The van der Waals surface area contributed by atoms with Gasteiger partial charge in [-0.1, -0.05) is 25.9 Å². The summed E-state index contributed by atoms with van der Waals surface area (Å²) in [4.78, 5) is 0. The highest BCUT2D eigenvalue weighted by Gasteiger charge is 2.27. The highest BCUT2D eigenvalue weighted by molar-refractivity contribution is 5.87. The van der Waals surface area contributed by atoms with Crippen LogP contribution in [0.2, 0.25) is 0 Å². The largest absolute Gasteiger partial charge is 0.411 e. The summed E-state index contributed by atoms with van der Waals surface area (Å²) in [6.45, 7) is 6.62. The van der Waals surface area contributed by atoms with E-state index < -0.39 is 0 Å². The number of oxime groups is 1. The Balaban J connectivity index is 2.63. The molecule has 1 fully saturated rings. The molecule has 1 rings (SSSR count). The molecular formula is C10H19NO. The molecule has 1 aliphatic carbocycles. The molecule has 0 aromatic rings. The van der Waals surface area contributed by atoms with E-state index in [2.05, 4.69) is 25.9 Å². The Kier molecular flexibility index (Phi) is 3.12. The summed E-state index contributed by atoms with van der Waals surface area (Å²) in [5, 5.41) is 12.2. The molecule has 0 radical (unpaired) electrons. The van der Waals surface area contributed by atoms with Gasteiger partial charge in [0.05, 0.1) is 5.71 Å². The van der Waals surface area contributed by atoms with E-state index in [1.54, 1.807) is 0 Å². The first-order valence-electron chi connectivity index (χ1n) is 4.86. The second-order valence-electron chi connectivity index (χ2n) is 4.33. The van der Waals surface area contributed by atoms with Crippen LogP contribution in [0, 0.1) is 17.8 Å². The molecule has 0 saturated heterocycles. The Labute approximate surface area is 74.7 Å². The van der Waals surface area contributed by atoms with E-state index in [1.807, 2.05) is 0 Å². The van der Waals surface area contributed by atoms with Crippen LogP contribution in [0.5, 0.6) is 0 Å². The third kappa shape index (κ3) is 1.99. The fourth-order valence-corrected chi connectivity index (χ4v) is 2.07. The molecule has 2 atom stereocenters. The standard InChI is InChI=1S/C10H19NO/c1-7(2)9-5-4-8(3)6-10(9)11-12/h7-9,12H,4-6H2,1-3H3/t8-,9-/m1/s1. The minimum absolute atomic E-state index is 0.520. The molecule has 0 aliphatic heterocycles. The summed E-state index contributed by atoms with van der Waals surface area (Å²) >= 11 is 0. The SMILES string of the molecule is CC(C)[C@H]1CC[C@@H](C)CC1=NO. The van der Waals surface area contributed by atoms with Crippen molar-refractivity contribution in [1.82, 2.24) is 0 Å². The molecule has 0 aromatic heterocycles. The summed E-state index contributed by atoms with van der Waals surface area (Å²) < 4.78 is 0. The molecule has 1 aliphatic rings. The first-order chi connectivity index (χ1) is 5.65. The van der Waals surface area contributed by atoms with Crippen LogP contribution in [0.1, 0.15) is 40.0 Å². The quantitative estimate of drug-likeness (QED) is 0.475. The molecule has 0 amide bonds. The number of nitrogens with zero attached hydrogens (tertiary/aromatic N) is 1. The van der Waals surface area contributed by atoms with Crippen LogP contribution < -0.4 is 0 Å². The first-order valence-corrected chi connectivity index (χ1v) is 4.86. The lowest BCUT2D eigenvalue weighted by Crippen LogP contribution is -2.27. The van der Waals surface area contributed by atoms with Crippen LogP contribution in [0.3, 0.4) is 0 Å². The number of rotatable bonds is 1. The van der Waals surface area contributed by atoms with Gasteiger partial charge < -0.3 is 5.21 Å². The van der Waals surface area contributed by atoms with Crippen LogP contribution in [0.4, 0.5) is 0 Å². The Bertz CT molecular complexity index is 175. The van der Waals surface area contributed by atoms with Gasteiger partial charge in [0.2, 0.25) is 0 Å². The van der Waals surface area contributed by atoms with Crippen LogP contribution in [0.25, 0.3) is 0 Å². The molecule has 0 bridgehead atoms. The zero-order chi connectivity index (χ0) is 9.14. The minimum Gasteiger partial charge on any atom is -0.411 e. The summed E-state index contributed by atoms with van der Waals surface area (Å²) in [6, 6.07) is 0. The topological polar surface area (TPSA) is 32.6 Å². The van der Waals surface area contributed by atoms with Gasteiger partial charge in [0, 0.05) is 5.92 Å². The van der Waals surface area contributed by atoms with Gasteiger partial charge in [-0.15, -0.1) is 0 Å². The van der Waals surface area contributed by atoms with Gasteiger partial charge in [0.15, 0.2) is 0 Å². The van der Waals surface area contributed by atoms with E-state index in [0.717, 1.165) is 12.1 Å². The molecule has 0 unspecified atom stereocenters. The zero-order valence-corrected chi connectivity index (χ0v) is 8.25. The smallest absolute Gasteiger partial charge is 0.0606 e. The van der Waals surface area contributed by atoms with Gasteiger partial charge in [-0.3, -0.25) is 0 Å². The summed E-state index contributed by atoms with van der Waals surface area (Å²) in [6.07, 6.45) is 3.46. The molecule has 1 N–H and O–H groups in total. The number of hydrogen-bond acceptors (Lipinski definition) is 2. The third-order valence-electron chi connectivity index (χ3n) is 2.89. The van der Waals surface area contributed by atoms with E-state index in [0.29, 0.717) is 17.8 Å². The second-order valence-corrected chi connectivity index (χ2v) is 4.33. The Morgan fingerprint density at radius 3 is 2.58 bits per heavy atom. The molecule has 2 heteroatoms. The van der Waals surface area contributed by atoms with Crippen molar-refractivity contribution in [3.63, 3.8) is 0 Å². The van der Waals surface area contributed by atoms with Gasteiger partial charge in [-0.2, -0.15) is 0 Å². The minimum atomic E-state index is 0.520. The first kappa shape index (κ1) is 9.56. The zero-order valence-electron chi connectivity index (χ0n) is 8.25. The number of hydrogen-bond donors (Lipinski definition) is 1. The van der Waals surface area contributed by atoms with E-state index >= 15 is 0 Å². The van der Waals surface area contributed by atoms with E-state index in [9.17, 15) is 0 Å². The fraction of sp³-hybridized carbons (Fsp3) is 0.900. The van der Waals surface area contributed by atoms with Crippen molar-refractivity contribution in [3.05, 3.63) is 0 Å². The van der Waals surface area contributed by atoms with Crippen LogP contribution >= 0.6 is 0 Å². The van der Waals surface area contributed by atoms with Crippen molar-refractivity contribution < 1.29 is 5.21 Å². The lowest BCUT2D eigenvalue weighted by molar-refractivity contribution is 0.291. The molecule has 70 valence electrons. The maximum Gasteiger partial charge on any atom is 0.0606 e. The average molecular weight is 169 g/mol. The third-order valence-corrected chi connectivity index (χ3v) is 2.89. The predicted molar refractivity (Wildman–Crippen MR) is 50.6 cm³/mol. The van der Waals surface area contributed by atoms with Crippen molar-refractivity contribution in [2.24, 2.45) is 22.9 Å².